The predicted molar refractivity (Wildman–Crippen MR) is 314 cm³/mol. The van der Waals surface area contributed by atoms with Gasteiger partial charge in [-0.3, -0.25) is 0 Å². The number of benzene rings is 8. The van der Waals surface area contributed by atoms with E-state index in [0.29, 0.717) is 0 Å². The molecule has 3 aliphatic heterocycles. The van der Waals surface area contributed by atoms with Crippen molar-refractivity contribution in [3.05, 3.63) is 265 Å². The Bertz CT molecular complexity index is 3440. The molecular weight excluding hydrogens is 894 g/mol. The van der Waals surface area contributed by atoms with E-state index >= 15 is 0 Å². The molecule has 74 heavy (non-hydrogen) atoms. The normalized spacial score (nSPS) is 21.0. The molecule has 0 saturated carbocycles. The number of hydrogen-bond donors (Lipinski definition) is 0. The van der Waals surface area contributed by atoms with Crippen LogP contribution in [0.3, 0.4) is 0 Å². The van der Waals surface area contributed by atoms with Crippen LogP contribution in [0, 0.1) is 11.8 Å². The first-order valence-corrected chi connectivity index (χ1v) is 26.7. The summed E-state index contributed by atoms with van der Waals surface area (Å²) in [7, 11) is 0. The lowest BCUT2D eigenvalue weighted by Gasteiger charge is -2.59. The van der Waals surface area contributed by atoms with Crippen LogP contribution in [0.1, 0.15) is 63.8 Å². The third-order valence-electron chi connectivity index (χ3n) is 17.1. The fourth-order valence-electron chi connectivity index (χ4n) is 13.7. The van der Waals surface area contributed by atoms with Crippen LogP contribution in [-0.2, 0) is 16.2 Å². The van der Waals surface area contributed by atoms with Gasteiger partial charge in [0.25, 0.3) is 0 Å². The molecule has 360 valence electrons. The van der Waals surface area contributed by atoms with Gasteiger partial charge in [-0.05, 0) is 129 Å². The summed E-state index contributed by atoms with van der Waals surface area (Å²) in [6, 6.07) is 73.0. The Morgan fingerprint density at radius 3 is 1.24 bits per heavy atom. The molecule has 0 bridgehead atoms. The first-order chi connectivity index (χ1) is 36.0. The Labute approximate surface area is 439 Å². The topological polar surface area (TPSA) is 15.7 Å². The van der Waals surface area contributed by atoms with E-state index in [1.165, 1.54) is 44.1 Å². The zero-order valence-corrected chi connectivity index (χ0v) is 43.4. The van der Waals surface area contributed by atoms with Crippen LogP contribution in [0.15, 0.2) is 243 Å². The molecule has 5 aliphatic rings. The van der Waals surface area contributed by atoms with Crippen molar-refractivity contribution in [2.75, 3.05) is 9.80 Å². The molecule has 8 aromatic rings. The van der Waals surface area contributed by atoms with E-state index in [0.717, 1.165) is 45.6 Å². The van der Waals surface area contributed by atoms with Crippen molar-refractivity contribution in [1.82, 2.24) is 0 Å². The minimum absolute atomic E-state index is 0.0693. The molecule has 0 fully saturated rings. The lowest BCUT2D eigenvalue weighted by molar-refractivity contribution is 0.281. The number of para-hydroxylation sites is 4. The number of rotatable bonds is 6. The Morgan fingerprint density at radius 2 is 0.797 bits per heavy atom. The van der Waals surface area contributed by atoms with E-state index in [9.17, 15) is 0 Å². The quantitative estimate of drug-likeness (QED) is 0.155. The number of fused-ring (bicyclic) bond motifs is 10. The summed E-state index contributed by atoms with van der Waals surface area (Å²) >= 11 is 0. The maximum absolute atomic E-state index is 6.39. The third kappa shape index (κ3) is 7.41. The fraction of sp³-hybridized carbons (Fsp3) is 0.188. The molecule has 5 atom stereocenters. The van der Waals surface area contributed by atoms with Crippen LogP contribution in [0.25, 0.3) is 0 Å². The second kappa shape index (κ2) is 17.7. The molecule has 0 radical (unpaired) electrons. The molecule has 0 amide bonds. The minimum Gasteiger partial charge on any atom is -0.453 e. The Hall–Kier alpha value is -7.75. The number of ether oxygens (including phenoxy) is 1. The van der Waals surface area contributed by atoms with E-state index in [-0.39, 0.29) is 53.1 Å². The SMILES string of the molecule is CC(C)(C)c1ccc(N(c2ccc(B3c4ccccc4C4(c5ccccc5B(c5ccc(N6c7ccccc7Oc7ccccc76)cc5)C5C=CC=CC54)C4C=CC=CC34)cc2)c2ccc(C(C)(C)C)cc2)cc1. The van der Waals surface area contributed by atoms with Crippen molar-refractivity contribution >= 4 is 69.4 Å². The minimum atomic E-state index is -0.311. The monoisotopic (exact) mass is 957 g/mol. The highest BCUT2D eigenvalue weighted by molar-refractivity contribution is 6.88. The van der Waals surface area contributed by atoms with Crippen molar-refractivity contribution in [3.8, 4) is 11.5 Å². The smallest absolute Gasteiger partial charge is 0.217 e. The van der Waals surface area contributed by atoms with Gasteiger partial charge in [-0.1, -0.05) is 233 Å². The maximum Gasteiger partial charge on any atom is 0.217 e. The Kier molecular flexibility index (Phi) is 11.0. The van der Waals surface area contributed by atoms with Gasteiger partial charge in [0.2, 0.25) is 13.4 Å². The zero-order valence-electron chi connectivity index (χ0n) is 43.4. The van der Waals surface area contributed by atoms with Crippen LogP contribution in [0.2, 0.25) is 11.6 Å². The summed E-state index contributed by atoms with van der Waals surface area (Å²) in [4.78, 5) is 4.76. The van der Waals surface area contributed by atoms with Gasteiger partial charge in [-0.2, -0.15) is 0 Å². The van der Waals surface area contributed by atoms with Gasteiger partial charge in [-0.15, -0.1) is 0 Å². The maximum atomic E-state index is 6.39. The van der Waals surface area contributed by atoms with Gasteiger partial charge in [0, 0.05) is 28.2 Å². The van der Waals surface area contributed by atoms with Crippen molar-refractivity contribution in [1.29, 1.82) is 0 Å². The number of anilines is 6. The van der Waals surface area contributed by atoms with E-state index < -0.39 is 0 Å². The molecule has 2 aliphatic carbocycles. The zero-order chi connectivity index (χ0) is 50.3. The molecule has 0 aromatic heterocycles. The van der Waals surface area contributed by atoms with E-state index in [4.69, 9.17) is 4.74 Å². The third-order valence-corrected chi connectivity index (χ3v) is 17.1. The molecule has 8 aromatic carbocycles. The highest BCUT2D eigenvalue weighted by Crippen LogP contribution is 2.60. The van der Waals surface area contributed by atoms with Gasteiger partial charge in [0.1, 0.15) is 0 Å². The van der Waals surface area contributed by atoms with Crippen LogP contribution in [0.5, 0.6) is 11.5 Å². The lowest BCUT2D eigenvalue weighted by atomic mass is 9.19. The van der Waals surface area contributed by atoms with Gasteiger partial charge in [-0.25, -0.2) is 0 Å². The first-order valence-electron chi connectivity index (χ1n) is 26.7. The molecule has 3 nitrogen and oxygen atoms in total. The number of nitrogens with zero attached hydrogens (tertiary/aromatic N) is 2. The van der Waals surface area contributed by atoms with Crippen LogP contribution in [-0.4, -0.2) is 13.4 Å². The van der Waals surface area contributed by atoms with Crippen molar-refractivity contribution in [3.63, 3.8) is 0 Å². The van der Waals surface area contributed by atoms with E-state index in [1.807, 2.05) is 12.1 Å². The van der Waals surface area contributed by atoms with Crippen molar-refractivity contribution in [2.45, 2.75) is 69.4 Å². The molecule has 1 spiro atoms. The average molecular weight is 957 g/mol. The Morgan fingerprint density at radius 1 is 0.419 bits per heavy atom. The van der Waals surface area contributed by atoms with Gasteiger partial charge < -0.3 is 14.5 Å². The van der Waals surface area contributed by atoms with Gasteiger partial charge >= 0.3 is 0 Å². The molecular formula is C69H62B2N2O. The van der Waals surface area contributed by atoms with Crippen LogP contribution < -0.4 is 36.4 Å². The second-order valence-corrected chi connectivity index (χ2v) is 23.2. The van der Waals surface area contributed by atoms with Crippen LogP contribution >= 0.6 is 0 Å². The van der Waals surface area contributed by atoms with Gasteiger partial charge in [0.05, 0.1) is 11.4 Å². The molecule has 3 heterocycles. The lowest BCUT2D eigenvalue weighted by Crippen LogP contribution is -2.67. The van der Waals surface area contributed by atoms with E-state index in [1.54, 1.807) is 0 Å². The Balaban J connectivity index is 0.908. The summed E-state index contributed by atoms with van der Waals surface area (Å²) < 4.78 is 6.39. The summed E-state index contributed by atoms with van der Waals surface area (Å²) in [5.41, 5.74) is 17.6. The predicted octanol–water partition coefficient (Wildman–Crippen LogP) is 15.1. The highest BCUT2D eigenvalue weighted by Gasteiger charge is 2.61. The largest absolute Gasteiger partial charge is 0.453 e. The summed E-state index contributed by atoms with van der Waals surface area (Å²) in [5.74, 6) is 2.61. The van der Waals surface area contributed by atoms with Crippen LogP contribution in [0.4, 0.5) is 34.1 Å². The average Bonchev–Trinajstić information content (AvgIpc) is 3.43. The molecule has 13 rings (SSSR count). The molecule has 5 unspecified atom stereocenters. The first kappa shape index (κ1) is 46.1. The number of hydrogen-bond acceptors (Lipinski definition) is 3. The summed E-state index contributed by atoms with van der Waals surface area (Å²) in [6.07, 6.45) is 19.5. The fourth-order valence-corrected chi connectivity index (χ4v) is 13.7. The summed E-state index contributed by atoms with van der Waals surface area (Å²) in [5, 5.41) is 0. The van der Waals surface area contributed by atoms with Crippen molar-refractivity contribution in [2.24, 2.45) is 11.8 Å². The highest BCUT2D eigenvalue weighted by atomic mass is 16.5. The van der Waals surface area contributed by atoms with Gasteiger partial charge in [0.15, 0.2) is 11.5 Å². The molecule has 0 saturated heterocycles. The summed E-state index contributed by atoms with van der Waals surface area (Å²) in [6.45, 7) is 14.0. The van der Waals surface area contributed by atoms with E-state index in [2.05, 4.69) is 282 Å². The molecule has 0 N–H and O–H groups in total. The van der Waals surface area contributed by atoms with Crippen molar-refractivity contribution < 1.29 is 4.74 Å². The number of allylic oxidation sites excluding steroid dienone is 8. The standard InChI is InChI=1S/C69H62B2N2O/c1-67(2,3)47-31-39-51(40-32-47)72(52-41-33-48(34-42-52)68(4,5)6)53-43-35-49(36-44-53)70-59-23-11-7-19-55(59)69(56-20-8-12-24-60(56)70)57-21-9-13-25-61(57)71(62-26-14-10-22-58(62)69)50-37-45-54(46-38-50)73-63-27-15-17-29-65(63)74-66-30-18-16-28-64(66)73/h7-46,55,57,59,61H,1-6H3. The molecule has 5 heteroatoms. The second-order valence-electron chi connectivity index (χ2n) is 23.2.